The predicted octanol–water partition coefficient (Wildman–Crippen LogP) is 5.45. The molecule has 0 spiro atoms. The standard InChI is InChI=1S/C26H26/c1-2-20-4-3-19(1)9-13-23-17-26-16-12-22-7-5-21(6-8-22)11-15-25(23)18-24(26)14-10-20/h1-8,17-18H,9-16H2. The minimum absolute atomic E-state index is 1.15. The van der Waals surface area contributed by atoms with Gasteiger partial charge in [-0.25, -0.2) is 0 Å². The molecule has 8 aliphatic rings. The van der Waals surface area contributed by atoms with Crippen LogP contribution in [0.5, 0.6) is 0 Å². The van der Waals surface area contributed by atoms with Gasteiger partial charge in [0.05, 0.1) is 0 Å². The van der Waals surface area contributed by atoms with E-state index in [0.29, 0.717) is 0 Å². The van der Waals surface area contributed by atoms with Gasteiger partial charge in [-0.2, -0.15) is 0 Å². The van der Waals surface area contributed by atoms with Crippen LogP contribution in [0.15, 0.2) is 60.7 Å². The minimum atomic E-state index is 1.15. The molecule has 0 fully saturated rings. The van der Waals surface area contributed by atoms with Crippen LogP contribution in [0, 0.1) is 0 Å². The number of aryl methyl sites for hydroxylation is 8. The van der Waals surface area contributed by atoms with Gasteiger partial charge in [-0.05, 0) is 95.9 Å². The Labute approximate surface area is 156 Å². The fraction of sp³-hybridized carbons (Fsp3) is 0.308. The lowest BCUT2D eigenvalue weighted by atomic mass is 9.86. The molecule has 0 amide bonds. The largest absolute Gasteiger partial charge is 0.0588 e. The molecular weight excluding hydrogens is 312 g/mol. The molecule has 3 aromatic carbocycles. The first-order valence-corrected chi connectivity index (χ1v) is 10.1. The summed E-state index contributed by atoms with van der Waals surface area (Å²) in [5.74, 6) is 0. The second-order valence-electron chi connectivity index (χ2n) is 8.02. The number of hydrogen-bond donors (Lipinski definition) is 0. The highest BCUT2D eigenvalue weighted by molar-refractivity contribution is 5.42. The summed E-state index contributed by atoms with van der Waals surface area (Å²) >= 11 is 0. The number of benzene rings is 3. The first-order valence-electron chi connectivity index (χ1n) is 10.1. The molecule has 11 rings (SSSR count). The lowest BCUT2D eigenvalue weighted by Crippen LogP contribution is -2.08. The van der Waals surface area contributed by atoms with Crippen LogP contribution in [0.4, 0.5) is 0 Å². The summed E-state index contributed by atoms with van der Waals surface area (Å²) in [6.45, 7) is 0. The van der Waals surface area contributed by atoms with Crippen LogP contribution in [0.25, 0.3) is 0 Å². The lowest BCUT2D eigenvalue weighted by Gasteiger charge is -2.20. The third-order valence-corrected chi connectivity index (χ3v) is 6.30. The Bertz CT molecular complexity index is 762. The zero-order chi connectivity index (χ0) is 17.3. The van der Waals surface area contributed by atoms with Crippen molar-refractivity contribution >= 4 is 0 Å². The Balaban J connectivity index is 1.58. The van der Waals surface area contributed by atoms with E-state index in [0.717, 1.165) is 25.7 Å². The summed E-state index contributed by atoms with van der Waals surface area (Å²) in [6, 6.07) is 23.8. The van der Waals surface area contributed by atoms with E-state index in [-0.39, 0.29) is 0 Å². The van der Waals surface area contributed by atoms with E-state index < -0.39 is 0 Å². The zero-order valence-corrected chi connectivity index (χ0v) is 15.4. The maximum atomic E-state index is 2.56. The summed E-state index contributed by atoms with van der Waals surface area (Å²) in [4.78, 5) is 0. The fourth-order valence-electron chi connectivity index (χ4n) is 4.58. The highest BCUT2D eigenvalue weighted by Crippen LogP contribution is 2.26. The summed E-state index contributed by atoms with van der Waals surface area (Å²) in [5.41, 5.74) is 12.2. The molecule has 8 aliphatic carbocycles. The lowest BCUT2D eigenvalue weighted by molar-refractivity contribution is 0.840. The molecule has 8 bridgehead atoms. The molecule has 0 unspecified atom stereocenters. The van der Waals surface area contributed by atoms with Crippen molar-refractivity contribution in [1.29, 1.82) is 0 Å². The zero-order valence-electron chi connectivity index (χ0n) is 15.4. The van der Waals surface area contributed by atoms with Gasteiger partial charge in [0.25, 0.3) is 0 Å². The maximum absolute atomic E-state index is 2.56. The van der Waals surface area contributed by atoms with Crippen LogP contribution in [-0.2, 0) is 51.4 Å². The Hall–Kier alpha value is -2.34. The fourth-order valence-corrected chi connectivity index (χ4v) is 4.58. The van der Waals surface area contributed by atoms with Crippen molar-refractivity contribution in [3.05, 3.63) is 105 Å². The topological polar surface area (TPSA) is 0 Å². The van der Waals surface area contributed by atoms with Crippen molar-refractivity contribution in [2.75, 3.05) is 0 Å². The van der Waals surface area contributed by atoms with Gasteiger partial charge in [-0.15, -0.1) is 0 Å². The van der Waals surface area contributed by atoms with E-state index in [9.17, 15) is 0 Å². The minimum Gasteiger partial charge on any atom is -0.0588 e. The van der Waals surface area contributed by atoms with Crippen LogP contribution < -0.4 is 0 Å². The van der Waals surface area contributed by atoms with Gasteiger partial charge in [-0.3, -0.25) is 0 Å². The molecule has 130 valence electrons. The van der Waals surface area contributed by atoms with E-state index in [1.165, 1.54) is 47.9 Å². The van der Waals surface area contributed by atoms with E-state index in [1.54, 1.807) is 22.3 Å². The van der Waals surface area contributed by atoms with E-state index in [1.807, 2.05) is 0 Å². The third-order valence-electron chi connectivity index (χ3n) is 6.30. The van der Waals surface area contributed by atoms with Gasteiger partial charge in [-0.1, -0.05) is 60.7 Å². The first kappa shape index (κ1) is 15.9. The van der Waals surface area contributed by atoms with E-state index >= 15 is 0 Å². The van der Waals surface area contributed by atoms with Crippen LogP contribution in [0.3, 0.4) is 0 Å². The van der Waals surface area contributed by atoms with Gasteiger partial charge in [0.1, 0.15) is 0 Å². The predicted molar refractivity (Wildman–Crippen MR) is 109 cm³/mol. The molecule has 0 heteroatoms. The van der Waals surface area contributed by atoms with Crippen molar-refractivity contribution in [1.82, 2.24) is 0 Å². The molecule has 3 aromatic rings. The molecule has 0 N–H and O–H groups in total. The van der Waals surface area contributed by atoms with Gasteiger partial charge >= 0.3 is 0 Å². The molecule has 0 saturated heterocycles. The monoisotopic (exact) mass is 338 g/mol. The van der Waals surface area contributed by atoms with Crippen LogP contribution in [0.1, 0.15) is 44.5 Å². The molecule has 0 heterocycles. The average Bonchev–Trinajstić information content (AvgIpc) is 2.66. The van der Waals surface area contributed by atoms with Crippen LogP contribution in [0.2, 0.25) is 0 Å². The normalized spacial score (nSPS) is 16.0. The van der Waals surface area contributed by atoms with Crippen molar-refractivity contribution in [3.63, 3.8) is 0 Å². The number of rotatable bonds is 0. The molecule has 0 nitrogen and oxygen atoms in total. The molecule has 0 aromatic heterocycles. The molecule has 0 aliphatic heterocycles. The highest BCUT2D eigenvalue weighted by Gasteiger charge is 2.14. The van der Waals surface area contributed by atoms with Crippen molar-refractivity contribution in [2.45, 2.75) is 51.4 Å². The summed E-state index contributed by atoms with van der Waals surface area (Å²) in [7, 11) is 0. The van der Waals surface area contributed by atoms with Crippen LogP contribution >= 0.6 is 0 Å². The molecule has 26 heavy (non-hydrogen) atoms. The smallest absolute Gasteiger partial charge is 0.0235 e. The van der Waals surface area contributed by atoms with Crippen molar-refractivity contribution in [3.8, 4) is 0 Å². The first-order chi connectivity index (χ1) is 12.8. The third kappa shape index (κ3) is 3.21. The van der Waals surface area contributed by atoms with E-state index in [4.69, 9.17) is 0 Å². The highest BCUT2D eigenvalue weighted by atomic mass is 14.2. The van der Waals surface area contributed by atoms with Gasteiger partial charge in [0.15, 0.2) is 0 Å². The number of hydrogen-bond acceptors (Lipinski definition) is 0. The van der Waals surface area contributed by atoms with E-state index in [2.05, 4.69) is 60.7 Å². The van der Waals surface area contributed by atoms with Crippen molar-refractivity contribution in [2.24, 2.45) is 0 Å². The van der Waals surface area contributed by atoms with Gasteiger partial charge < -0.3 is 0 Å². The Morgan fingerprint density at radius 2 is 0.538 bits per heavy atom. The van der Waals surface area contributed by atoms with Crippen LogP contribution in [-0.4, -0.2) is 0 Å². The molecular formula is C26H26. The summed E-state index contributed by atoms with van der Waals surface area (Å²) in [5, 5.41) is 0. The van der Waals surface area contributed by atoms with Crippen molar-refractivity contribution < 1.29 is 0 Å². The van der Waals surface area contributed by atoms with Gasteiger partial charge in [0, 0.05) is 0 Å². The average molecular weight is 338 g/mol. The van der Waals surface area contributed by atoms with Gasteiger partial charge in [0.2, 0.25) is 0 Å². The molecule has 0 saturated carbocycles. The second-order valence-corrected chi connectivity index (χ2v) is 8.02. The second kappa shape index (κ2) is 6.76. The molecule has 0 radical (unpaired) electrons. The summed E-state index contributed by atoms with van der Waals surface area (Å²) in [6.07, 6.45) is 9.28. The Kier molecular flexibility index (Phi) is 4.13. The summed E-state index contributed by atoms with van der Waals surface area (Å²) < 4.78 is 0. The Morgan fingerprint density at radius 3 is 0.769 bits per heavy atom. The quantitative estimate of drug-likeness (QED) is 0.511. The SMILES string of the molecule is c1cc2ccc1CCc1cc3c(cc1CCc1ccc(cc1)CC3)CC2. The maximum Gasteiger partial charge on any atom is -0.0235 e. The Morgan fingerprint density at radius 1 is 0.308 bits per heavy atom. The molecule has 0 atom stereocenters.